The molecule has 7 heteroatoms. The van der Waals surface area contributed by atoms with Gasteiger partial charge >= 0.3 is 0 Å². The number of benzene rings is 1. The summed E-state index contributed by atoms with van der Waals surface area (Å²) in [5.41, 5.74) is -0.139. The van der Waals surface area contributed by atoms with Crippen LogP contribution in [0.5, 0.6) is 11.5 Å². The summed E-state index contributed by atoms with van der Waals surface area (Å²) in [5, 5.41) is 24.2. The van der Waals surface area contributed by atoms with Crippen LogP contribution in [0.1, 0.15) is 26.5 Å². The van der Waals surface area contributed by atoms with E-state index in [4.69, 9.17) is 13.6 Å². The fraction of sp³-hybridized carbons (Fsp3) is 0.421. The standard InChI is InChI=1S/C19H23NO6/c1-10-7-13(22)14-15(23)12-5-6-24-16(12)18(17(14)26-10)25-9-11(21)8-20-19(2,3)4/h5-7,11,20-21,23H,8-9H2,1-4H3/t11-/m1/s1. The molecule has 0 saturated carbocycles. The van der Waals surface area contributed by atoms with E-state index >= 15 is 0 Å². The lowest BCUT2D eigenvalue weighted by molar-refractivity contribution is 0.100. The van der Waals surface area contributed by atoms with Crippen LogP contribution in [0.2, 0.25) is 0 Å². The number of β-amino-alcohol motifs (C(OH)–C–C–N with tert-alkyl or cyclic N) is 1. The number of nitrogens with one attached hydrogen (secondary N) is 1. The second kappa shape index (κ2) is 6.66. The number of aryl methyl sites for hydroxylation is 1. The molecule has 3 aromatic rings. The minimum atomic E-state index is -0.778. The Morgan fingerprint density at radius 1 is 1.31 bits per heavy atom. The molecule has 0 aliphatic carbocycles. The first-order valence-corrected chi connectivity index (χ1v) is 8.40. The number of hydrogen-bond acceptors (Lipinski definition) is 7. The summed E-state index contributed by atoms with van der Waals surface area (Å²) in [6.45, 7) is 7.93. The van der Waals surface area contributed by atoms with Crippen LogP contribution in [0.3, 0.4) is 0 Å². The van der Waals surface area contributed by atoms with Crippen LogP contribution >= 0.6 is 0 Å². The predicted octanol–water partition coefficient (Wildman–Crippen LogP) is 2.68. The molecule has 0 aliphatic heterocycles. The number of fused-ring (bicyclic) bond motifs is 2. The van der Waals surface area contributed by atoms with Gasteiger partial charge in [0.15, 0.2) is 16.6 Å². The molecule has 1 aromatic carbocycles. The molecule has 3 rings (SSSR count). The van der Waals surface area contributed by atoms with Gasteiger partial charge in [0, 0.05) is 18.2 Å². The summed E-state index contributed by atoms with van der Waals surface area (Å²) < 4.78 is 16.8. The number of ether oxygens (including phenoxy) is 1. The summed E-state index contributed by atoms with van der Waals surface area (Å²) in [5.74, 6) is 0.362. The minimum absolute atomic E-state index is 0.0295. The molecule has 2 aromatic heterocycles. The summed E-state index contributed by atoms with van der Waals surface area (Å²) >= 11 is 0. The quantitative estimate of drug-likeness (QED) is 0.641. The van der Waals surface area contributed by atoms with E-state index in [2.05, 4.69) is 5.32 Å². The summed E-state index contributed by atoms with van der Waals surface area (Å²) in [7, 11) is 0. The smallest absolute Gasteiger partial charge is 0.206 e. The summed E-state index contributed by atoms with van der Waals surface area (Å²) in [4.78, 5) is 12.3. The molecule has 1 atom stereocenters. The van der Waals surface area contributed by atoms with Gasteiger partial charge in [-0.05, 0) is 33.8 Å². The molecule has 0 bridgehead atoms. The van der Waals surface area contributed by atoms with Crippen molar-refractivity contribution in [3.05, 3.63) is 34.4 Å². The Bertz CT molecular complexity index is 995. The van der Waals surface area contributed by atoms with Gasteiger partial charge in [-0.15, -0.1) is 0 Å². The van der Waals surface area contributed by atoms with E-state index in [9.17, 15) is 15.0 Å². The fourth-order valence-corrected chi connectivity index (χ4v) is 2.70. The van der Waals surface area contributed by atoms with Crippen molar-refractivity contribution in [2.75, 3.05) is 13.2 Å². The van der Waals surface area contributed by atoms with Crippen LogP contribution in [0, 0.1) is 6.92 Å². The third kappa shape index (κ3) is 3.54. The average Bonchev–Trinajstić information content (AvgIpc) is 3.01. The average molecular weight is 361 g/mol. The normalized spacial score (nSPS) is 13.4. The number of hydrogen-bond donors (Lipinski definition) is 3. The van der Waals surface area contributed by atoms with Crippen molar-refractivity contribution in [2.24, 2.45) is 0 Å². The zero-order valence-corrected chi connectivity index (χ0v) is 15.3. The molecule has 0 fully saturated rings. The number of furan rings is 1. The highest BCUT2D eigenvalue weighted by Crippen LogP contribution is 2.41. The number of aliphatic hydroxyl groups excluding tert-OH is 1. The van der Waals surface area contributed by atoms with Crippen LogP contribution in [-0.2, 0) is 0 Å². The van der Waals surface area contributed by atoms with E-state index in [-0.39, 0.29) is 45.6 Å². The first-order valence-electron chi connectivity index (χ1n) is 8.40. The van der Waals surface area contributed by atoms with Gasteiger partial charge < -0.3 is 29.1 Å². The molecule has 0 aliphatic rings. The monoisotopic (exact) mass is 361 g/mol. The topological polar surface area (TPSA) is 105 Å². The Kier molecular flexibility index (Phi) is 4.68. The lowest BCUT2D eigenvalue weighted by atomic mass is 10.1. The first-order chi connectivity index (χ1) is 12.2. The molecule has 26 heavy (non-hydrogen) atoms. The van der Waals surface area contributed by atoms with Gasteiger partial charge in [-0.1, -0.05) is 0 Å². The first kappa shape index (κ1) is 18.3. The van der Waals surface area contributed by atoms with Gasteiger partial charge in [0.1, 0.15) is 29.6 Å². The van der Waals surface area contributed by atoms with Crippen molar-refractivity contribution in [1.82, 2.24) is 5.32 Å². The zero-order valence-electron chi connectivity index (χ0n) is 15.3. The Hall–Kier alpha value is -2.51. The van der Waals surface area contributed by atoms with E-state index in [0.29, 0.717) is 17.7 Å². The molecule has 0 amide bonds. The SMILES string of the molecule is Cc1cc(=O)c2c(O)c3ccoc3c(OC[C@H](O)CNC(C)(C)C)c2o1. The maximum atomic E-state index is 12.3. The predicted molar refractivity (Wildman–Crippen MR) is 97.9 cm³/mol. The highest BCUT2D eigenvalue weighted by atomic mass is 16.5. The van der Waals surface area contributed by atoms with Gasteiger partial charge in [0.05, 0.1) is 11.6 Å². The van der Waals surface area contributed by atoms with E-state index in [1.165, 1.54) is 12.3 Å². The molecule has 0 radical (unpaired) electrons. The van der Waals surface area contributed by atoms with Crippen LogP contribution < -0.4 is 15.5 Å². The second-order valence-corrected chi connectivity index (χ2v) is 7.36. The maximum Gasteiger partial charge on any atom is 0.206 e. The van der Waals surface area contributed by atoms with Crippen molar-refractivity contribution in [3.63, 3.8) is 0 Å². The van der Waals surface area contributed by atoms with Gasteiger partial charge in [-0.3, -0.25) is 4.79 Å². The third-order valence-corrected chi connectivity index (χ3v) is 3.93. The molecule has 0 unspecified atom stereocenters. The Morgan fingerprint density at radius 2 is 2.04 bits per heavy atom. The van der Waals surface area contributed by atoms with Crippen LogP contribution in [0.25, 0.3) is 21.9 Å². The van der Waals surface area contributed by atoms with Gasteiger partial charge in [-0.25, -0.2) is 0 Å². The van der Waals surface area contributed by atoms with Gasteiger partial charge in [-0.2, -0.15) is 0 Å². The number of phenolic OH excluding ortho intramolecular Hbond substituents is 1. The van der Waals surface area contributed by atoms with Crippen LogP contribution in [-0.4, -0.2) is 35.0 Å². The Labute approximate surface area is 150 Å². The Morgan fingerprint density at radius 3 is 2.73 bits per heavy atom. The second-order valence-electron chi connectivity index (χ2n) is 7.36. The van der Waals surface area contributed by atoms with Crippen molar-refractivity contribution < 1.29 is 23.8 Å². The molecule has 7 nitrogen and oxygen atoms in total. The lowest BCUT2D eigenvalue weighted by Crippen LogP contribution is -2.42. The number of aromatic hydroxyl groups is 1. The molecule has 3 N–H and O–H groups in total. The van der Waals surface area contributed by atoms with E-state index in [1.54, 1.807) is 13.0 Å². The van der Waals surface area contributed by atoms with Crippen molar-refractivity contribution in [2.45, 2.75) is 39.3 Å². The maximum absolute atomic E-state index is 12.3. The van der Waals surface area contributed by atoms with E-state index in [0.717, 1.165) is 0 Å². The molecule has 140 valence electrons. The summed E-state index contributed by atoms with van der Waals surface area (Å²) in [6.07, 6.45) is 0.616. The zero-order chi connectivity index (χ0) is 19.1. The highest BCUT2D eigenvalue weighted by Gasteiger charge is 2.23. The number of aliphatic hydroxyl groups is 1. The molecular formula is C19H23NO6. The Balaban J connectivity index is 2.00. The molecular weight excluding hydrogens is 338 g/mol. The van der Waals surface area contributed by atoms with Gasteiger partial charge in [0.25, 0.3) is 0 Å². The van der Waals surface area contributed by atoms with E-state index < -0.39 is 6.10 Å². The van der Waals surface area contributed by atoms with Crippen LogP contribution in [0.15, 0.2) is 32.0 Å². The minimum Gasteiger partial charge on any atom is -0.506 e. The van der Waals surface area contributed by atoms with Crippen molar-refractivity contribution >= 4 is 21.9 Å². The van der Waals surface area contributed by atoms with Crippen molar-refractivity contribution in [1.29, 1.82) is 0 Å². The molecule has 0 spiro atoms. The fourth-order valence-electron chi connectivity index (χ4n) is 2.70. The number of phenols is 1. The summed E-state index contributed by atoms with van der Waals surface area (Å²) in [6, 6.07) is 2.85. The third-order valence-electron chi connectivity index (χ3n) is 3.93. The van der Waals surface area contributed by atoms with Crippen molar-refractivity contribution in [3.8, 4) is 11.5 Å². The van der Waals surface area contributed by atoms with Crippen LogP contribution in [0.4, 0.5) is 0 Å². The lowest BCUT2D eigenvalue weighted by Gasteiger charge is -2.23. The van der Waals surface area contributed by atoms with E-state index in [1.807, 2.05) is 20.8 Å². The molecule has 2 heterocycles. The van der Waals surface area contributed by atoms with Gasteiger partial charge in [0.2, 0.25) is 5.75 Å². The molecule has 0 saturated heterocycles. The highest BCUT2D eigenvalue weighted by molar-refractivity contribution is 6.06. The number of rotatable bonds is 5. The largest absolute Gasteiger partial charge is 0.506 e.